The van der Waals surface area contributed by atoms with Crippen LogP contribution in [-0.4, -0.2) is 19.3 Å². The van der Waals surface area contributed by atoms with E-state index in [2.05, 4.69) is 47.0 Å². The molecule has 110 valence electrons. The fraction of sp³-hybridized carbons (Fsp3) is 0.733. The number of H-pyrrole nitrogens is 1. The number of nitrogens with zero attached hydrogens (tertiary/aromatic N) is 3. The second-order valence-electron chi connectivity index (χ2n) is 6.81. The molecule has 0 spiro atoms. The van der Waals surface area contributed by atoms with Gasteiger partial charge in [-0.25, -0.2) is 4.68 Å². The number of imidazole rings is 1. The molecule has 1 unspecified atom stereocenters. The Kier molecular flexibility index (Phi) is 3.27. The van der Waals surface area contributed by atoms with Crippen LogP contribution in [0.15, 0.2) is 0 Å². The third kappa shape index (κ3) is 2.12. The molecule has 0 bridgehead atoms. The van der Waals surface area contributed by atoms with E-state index >= 15 is 0 Å². The van der Waals surface area contributed by atoms with Crippen LogP contribution < -0.4 is 0 Å². The lowest BCUT2D eigenvalue weighted by molar-refractivity contribution is 0.184. The molecule has 1 atom stereocenters. The molecule has 0 aliphatic heterocycles. The van der Waals surface area contributed by atoms with Gasteiger partial charge in [-0.05, 0) is 50.7 Å². The predicted molar refractivity (Wildman–Crippen MR) is 84.6 cm³/mol. The molecule has 0 saturated heterocycles. The van der Waals surface area contributed by atoms with Crippen LogP contribution in [0.25, 0.3) is 11.2 Å². The van der Waals surface area contributed by atoms with E-state index in [0.717, 1.165) is 22.5 Å². The first-order chi connectivity index (χ1) is 9.43. The molecule has 2 aromatic rings. The molecular formula is C15H24N4S. The summed E-state index contributed by atoms with van der Waals surface area (Å²) < 4.78 is 5.26. The molecule has 0 radical (unpaired) electrons. The third-order valence-electron chi connectivity index (χ3n) is 4.62. The van der Waals surface area contributed by atoms with Crippen molar-refractivity contribution in [1.82, 2.24) is 19.3 Å². The standard InChI is InChI=1S/C15H24N4S/c1-5-18-13-12(10(2)17-18)16-14(20)19(13)11-7-6-8-15(3,4)9-11/h11H,5-9H2,1-4H3,(H,16,20). The maximum absolute atomic E-state index is 5.60. The van der Waals surface area contributed by atoms with Crippen molar-refractivity contribution >= 4 is 23.4 Å². The molecule has 1 fully saturated rings. The molecule has 20 heavy (non-hydrogen) atoms. The van der Waals surface area contributed by atoms with Gasteiger partial charge in [0.1, 0.15) is 5.52 Å². The van der Waals surface area contributed by atoms with E-state index < -0.39 is 0 Å². The highest BCUT2D eigenvalue weighted by molar-refractivity contribution is 7.71. The van der Waals surface area contributed by atoms with Gasteiger partial charge in [-0.15, -0.1) is 0 Å². The van der Waals surface area contributed by atoms with Gasteiger partial charge in [-0.3, -0.25) is 4.57 Å². The van der Waals surface area contributed by atoms with E-state index in [9.17, 15) is 0 Å². The zero-order chi connectivity index (χ0) is 14.5. The van der Waals surface area contributed by atoms with Crippen molar-refractivity contribution in [1.29, 1.82) is 0 Å². The van der Waals surface area contributed by atoms with Gasteiger partial charge in [0.05, 0.1) is 5.69 Å². The molecule has 1 saturated carbocycles. The Bertz CT molecular complexity index is 689. The van der Waals surface area contributed by atoms with Crippen LogP contribution in [0, 0.1) is 17.1 Å². The minimum absolute atomic E-state index is 0.410. The van der Waals surface area contributed by atoms with E-state index in [1.54, 1.807) is 0 Å². The van der Waals surface area contributed by atoms with Crippen LogP contribution in [-0.2, 0) is 6.54 Å². The normalized spacial score (nSPS) is 22.5. The van der Waals surface area contributed by atoms with Gasteiger partial charge in [0.25, 0.3) is 0 Å². The van der Waals surface area contributed by atoms with Crippen molar-refractivity contribution in [2.45, 2.75) is 66.0 Å². The van der Waals surface area contributed by atoms with Crippen molar-refractivity contribution in [2.75, 3.05) is 0 Å². The number of rotatable bonds is 2. The van der Waals surface area contributed by atoms with Crippen molar-refractivity contribution in [3.8, 4) is 0 Å². The highest BCUT2D eigenvalue weighted by Crippen LogP contribution is 2.42. The maximum atomic E-state index is 5.60. The SMILES string of the molecule is CCn1nc(C)c2[nH]c(=S)n(C3CCCC(C)(C)C3)c21. The van der Waals surface area contributed by atoms with E-state index in [-0.39, 0.29) is 0 Å². The Morgan fingerprint density at radius 1 is 1.45 bits per heavy atom. The first-order valence-electron chi connectivity index (χ1n) is 7.60. The molecule has 5 heteroatoms. The summed E-state index contributed by atoms with van der Waals surface area (Å²) in [6.45, 7) is 9.81. The van der Waals surface area contributed by atoms with Gasteiger partial charge >= 0.3 is 0 Å². The fourth-order valence-corrected chi connectivity index (χ4v) is 4.00. The quantitative estimate of drug-likeness (QED) is 0.835. The van der Waals surface area contributed by atoms with Crippen LogP contribution in [0.2, 0.25) is 0 Å². The van der Waals surface area contributed by atoms with Crippen LogP contribution in [0.5, 0.6) is 0 Å². The summed E-state index contributed by atoms with van der Waals surface area (Å²) in [5.74, 6) is 0. The first kappa shape index (κ1) is 13.9. The summed E-state index contributed by atoms with van der Waals surface area (Å²) in [4.78, 5) is 3.37. The lowest BCUT2D eigenvalue weighted by Crippen LogP contribution is -2.25. The zero-order valence-electron chi connectivity index (χ0n) is 12.9. The highest BCUT2D eigenvalue weighted by Gasteiger charge is 2.31. The number of hydrogen-bond donors (Lipinski definition) is 1. The number of aryl methyl sites for hydroxylation is 2. The molecular weight excluding hydrogens is 268 g/mol. The van der Waals surface area contributed by atoms with Crippen molar-refractivity contribution in [3.63, 3.8) is 0 Å². The Hall–Kier alpha value is -1.10. The molecule has 0 amide bonds. The molecule has 1 aliphatic rings. The predicted octanol–water partition coefficient (Wildman–Crippen LogP) is 4.37. The highest BCUT2D eigenvalue weighted by atomic mass is 32.1. The minimum atomic E-state index is 0.410. The van der Waals surface area contributed by atoms with Gasteiger partial charge in [0, 0.05) is 12.6 Å². The van der Waals surface area contributed by atoms with E-state index in [1.165, 1.54) is 31.3 Å². The number of nitrogens with one attached hydrogen (secondary N) is 1. The summed E-state index contributed by atoms with van der Waals surface area (Å²) in [6.07, 6.45) is 5.02. The van der Waals surface area contributed by atoms with Gasteiger partial charge in [-0.2, -0.15) is 5.10 Å². The Morgan fingerprint density at radius 2 is 2.20 bits per heavy atom. The van der Waals surface area contributed by atoms with Gasteiger partial charge in [0.2, 0.25) is 0 Å². The zero-order valence-corrected chi connectivity index (χ0v) is 13.7. The largest absolute Gasteiger partial charge is 0.328 e. The average Bonchev–Trinajstić information content (AvgIpc) is 2.85. The summed E-state index contributed by atoms with van der Waals surface area (Å²) >= 11 is 5.60. The van der Waals surface area contributed by atoms with Crippen LogP contribution >= 0.6 is 12.2 Å². The summed E-state index contributed by atoms with van der Waals surface area (Å²) in [5, 5.41) is 4.62. The number of aromatic amines is 1. The maximum Gasteiger partial charge on any atom is 0.179 e. The monoisotopic (exact) mass is 292 g/mol. The Morgan fingerprint density at radius 3 is 2.85 bits per heavy atom. The van der Waals surface area contributed by atoms with Gasteiger partial charge in [0.15, 0.2) is 10.4 Å². The molecule has 3 rings (SSSR count). The molecule has 1 N–H and O–H groups in total. The van der Waals surface area contributed by atoms with Gasteiger partial charge < -0.3 is 4.98 Å². The lowest BCUT2D eigenvalue weighted by atomic mass is 9.75. The average molecular weight is 292 g/mol. The second-order valence-corrected chi connectivity index (χ2v) is 7.20. The Balaban J connectivity index is 2.15. The van der Waals surface area contributed by atoms with Crippen LogP contribution in [0.4, 0.5) is 0 Å². The number of aromatic nitrogens is 4. The minimum Gasteiger partial charge on any atom is -0.328 e. The van der Waals surface area contributed by atoms with Crippen molar-refractivity contribution in [3.05, 3.63) is 10.5 Å². The summed E-state index contributed by atoms with van der Waals surface area (Å²) in [6, 6.07) is 0.501. The van der Waals surface area contributed by atoms with Crippen molar-refractivity contribution < 1.29 is 0 Å². The summed E-state index contributed by atoms with van der Waals surface area (Å²) in [7, 11) is 0. The second kappa shape index (κ2) is 4.72. The van der Waals surface area contributed by atoms with E-state index in [1.807, 2.05) is 0 Å². The van der Waals surface area contributed by atoms with Crippen LogP contribution in [0.1, 0.15) is 58.2 Å². The molecule has 2 heterocycles. The summed E-state index contributed by atoms with van der Waals surface area (Å²) in [5.41, 5.74) is 3.74. The third-order valence-corrected chi connectivity index (χ3v) is 4.92. The number of hydrogen-bond acceptors (Lipinski definition) is 2. The Labute approximate surface area is 125 Å². The topological polar surface area (TPSA) is 38.5 Å². The van der Waals surface area contributed by atoms with E-state index in [0.29, 0.717) is 11.5 Å². The fourth-order valence-electron chi connectivity index (χ4n) is 3.66. The van der Waals surface area contributed by atoms with Crippen molar-refractivity contribution in [2.24, 2.45) is 5.41 Å². The molecule has 4 nitrogen and oxygen atoms in total. The molecule has 0 aromatic carbocycles. The molecule has 2 aromatic heterocycles. The van der Waals surface area contributed by atoms with E-state index in [4.69, 9.17) is 12.2 Å². The smallest absolute Gasteiger partial charge is 0.179 e. The van der Waals surface area contributed by atoms with Gasteiger partial charge in [-0.1, -0.05) is 20.3 Å². The lowest BCUT2D eigenvalue weighted by Gasteiger charge is -2.36. The molecule has 1 aliphatic carbocycles. The van der Waals surface area contributed by atoms with Crippen LogP contribution in [0.3, 0.4) is 0 Å². The first-order valence-corrected chi connectivity index (χ1v) is 8.01. The number of fused-ring (bicyclic) bond motifs is 1.